The smallest absolute Gasteiger partial charge is 0.219 e. The van der Waals surface area contributed by atoms with Crippen LogP contribution in [0, 0.1) is 25.5 Å². The van der Waals surface area contributed by atoms with Gasteiger partial charge in [-0.1, -0.05) is 6.07 Å². The van der Waals surface area contributed by atoms with Crippen LogP contribution in [0.2, 0.25) is 0 Å². The van der Waals surface area contributed by atoms with Crippen molar-refractivity contribution in [2.75, 3.05) is 31.1 Å². The Morgan fingerprint density at radius 1 is 0.968 bits per heavy atom. The van der Waals surface area contributed by atoms with Crippen LogP contribution in [0.1, 0.15) is 29.7 Å². The molecule has 0 saturated carbocycles. The third kappa shape index (κ3) is 4.55. The average molecular weight is 426 g/mol. The van der Waals surface area contributed by atoms with E-state index in [9.17, 15) is 13.6 Å². The minimum atomic E-state index is -0.896. The van der Waals surface area contributed by atoms with E-state index in [1.165, 1.54) is 12.1 Å². The Balaban J connectivity index is 1.69. The molecule has 1 aromatic carbocycles. The summed E-state index contributed by atoms with van der Waals surface area (Å²) >= 11 is 0. The van der Waals surface area contributed by atoms with E-state index in [4.69, 9.17) is 4.98 Å². The lowest BCUT2D eigenvalue weighted by molar-refractivity contribution is -0.129. The SMILES string of the molecule is CC(=O)N1CCN(c2cc(-n3nc(C)cc3C)nc(Cc3ccc(F)c(F)c3)n2)CC1. The quantitative estimate of drug-likeness (QED) is 0.642. The summed E-state index contributed by atoms with van der Waals surface area (Å²) in [5.41, 5.74) is 2.38. The molecule has 0 bridgehead atoms. The molecule has 0 radical (unpaired) electrons. The third-order valence-corrected chi connectivity index (χ3v) is 5.37. The molecule has 4 rings (SSSR count). The molecule has 0 aliphatic carbocycles. The summed E-state index contributed by atoms with van der Waals surface area (Å²) in [6.07, 6.45) is 0.255. The van der Waals surface area contributed by atoms with Crippen molar-refractivity contribution in [3.63, 3.8) is 0 Å². The van der Waals surface area contributed by atoms with Crippen LogP contribution < -0.4 is 4.90 Å². The van der Waals surface area contributed by atoms with E-state index in [1.807, 2.05) is 30.9 Å². The second kappa shape index (κ2) is 8.41. The van der Waals surface area contributed by atoms with E-state index in [0.717, 1.165) is 23.3 Å². The molecule has 1 fully saturated rings. The van der Waals surface area contributed by atoms with Crippen LogP contribution in [0.15, 0.2) is 30.3 Å². The Morgan fingerprint density at radius 2 is 1.68 bits per heavy atom. The third-order valence-electron chi connectivity index (χ3n) is 5.37. The summed E-state index contributed by atoms with van der Waals surface area (Å²) in [6.45, 7) is 7.97. The normalized spacial score (nSPS) is 14.2. The van der Waals surface area contributed by atoms with Gasteiger partial charge in [-0.05, 0) is 37.6 Å². The molecule has 9 heteroatoms. The molecule has 162 valence electrons. The number of aromatic nitrogens is 4. The minimum absolute atomic E-state index is 0.0599. The van der Waals surface area contributed by atoms with Gasteiger partial charge < -0.3 is 9.80 Å². The van der Waals surface area contributed by atoms with Gasteiger partial charge in [0.05, 0.1) is 5.69 Å². The second-order valence-electron chi connectivity index (χ2n) is 7.76. The van der Waals surface area contributed by atoms with Gasteiger partial charge in [-0.2, -0.15) is 5.10 Å². The number of piperazine rings is 1. The lowest BCUT2D eigenvalue weighted by Gasteiger charge is -2.35. The topological polar surface area (TPSA) is 67.2 Å². The highest BCUT2D eigenvalue weighted by Gasteiger charge is 2.21. The largest absolute Gasteiger partial charge is 0.353 e. The average Bonchev–Trinajstić information content (AvgIpc) is 3.08. The van der Waals surface area contributed by atoms with Crippen molar-refractivity contribution >= 4 is 11.7 Å². The van der Waals surface area contributed by atoms with Crippen molar-refractivity contribution in [1.82, 2.24) is 24.6 Å². The van der Waals surface area contributed by atoms with Crippen LogP contribution >= 0.6 is 0 Å². The molecule has 7 nitrogen and oxygen atoms in total. The van der Waals surface area contributed by atoms with Crippen LogP contribution in [0.4, 0.5) is 14.6 Å². The zero-order valence-electron chi connectivity index (χ0n) is 17.8. The molecule has 1 aliphatic rings. The number of aryl methyl sites for hydroxylation is 2. The standard InChI is InChI=1S/C22H24F2N6O/c1-14-10-15(2)30(27-14)22-13-21(29-8-6-28(7-9-29)16(3)31)25-20(26-22)12-17-4-5-18(23)19(24)11-17/h4-5,10-11,13H,6-9,12H2,1-3H3. The Bertz CT molecular complexity index is 1120. The molecule has 31 heavy (non-hydrogen) atoms. The summed E-state index contributed by atoms with van der Waals surface area (Å²) in [4.78, 5) is 24.9. The number of carbonyl (C=O) groups is 1. The number of nitrogens with zero attached hydrogens (tertiary/aromatic N) is 6. The van der Waals surface area contributed by atoms with Crippen LogP contribution in [-0.2, 0) is 11.2 Å². The molecular weight excluding hydrogens is 402 g/mol. The number of carbonyl (C=O) groups excluding carboxylic acids is 1. The van der Waals surface area contributed by atoms with E-state index in [0.29, 0.717) is 43.4 Å². The number of rotatable bonds is 4. The second-order valence-corrected chi connectivity index (χ2v) is 7.76. The first-order chi connectivity index (χ1) is 14.8. The van der Waals surface area contributed by atoms with Crippen LogP contribution in [0.25, 0.3) is 5.82 Å². The molecule has 0 N–H and O–H groups in total. The van der Waals surface area contributed by atoms with Gasteiger partial charge in [0.15, 0.2) is 17.5 Å². The van der Waals surface area contributed by atoms with Crippen molar-refractivity contribution in [3.8, 4) is 5.82 Å². The van der Waals surface area contributed by atoms with Gasteiger partial charge in [0.1, 0.15) is 11.6 Å². The maximum absolute atomic E-state index is 13.7. The lowest BCUT2D eigenvalue weighted by atomic mass is 10.1. The lowest BCUT2D eigenvalue weighted by Crippen LogP contribution is -2.48. The fourth-order valence-electron chi connectivity index (χ4n) is 3.76. The predicted octanol–water partition coefficient (Wildman–Crippen LogP) is 2.82. The predicted molar refractivity (Wildman–Crippen MR) is 112 cm³/mol. The monoisotopic (exact) mass is 426 g/mol. The van der Waals surface area contributed by atoms with E-state index in [1.54, 1.807) is 11.6 Å². The molecule has 2 aromatic heterocycles. The van der Waals surface area contributed by atoms with E-state index in [-0.39, 0.29) is 12.3 Å². The number of amides is 1. The summed E-state index contributed by atoms with van der Waals surface area (Å²) in [6, 6.07) is 7.64. The molecule has 3 heterocycles. The van der Waals surface area contributed by atoms with Gasteiger partial charge in [0, 0.05) is 51.3 Å². The summed E-state index contributed by atoms with van der Waals surface area (Å²) < 4.78 is 28.7. The number of anilines is 1. The van der Waals surface area contributed by atoms with Crippen molar-refractivity contribution in [3.05, 3.63) is 64.7 Å². The molecule has 0 unspecified atom stereocenters. The maximum Gasteiger partial charge on any atom is 0.219 e. The first kappa shape index (κ1) is 20.9. The van der Waals surface area contributed by atoms with Crippen LogP contribution in [-0.4, -0.2) is 56.7 Å². The molecule has 3 aromatic rings. The van der Waals surface area contributed by atoms with Gasteiger partial charge in [-0.15, -0.1) is 0 Å². The Labute approximate surface area is 179 Å². The molecule has 1 amide bonds. The Morgan fingerprint density at radius 3 is 2.29 bits per heavy atom. The first-order valence-corrected chi connectivity index (χ1v) is 10.2. The van der Waals surface area contributed by atoms with E-state index in [2.05, 4.69) is 15.0 Å². The van der Waals surface area contributed by atoms with E-state index < -0.39 is 11.6 Å². The molecular formula is C22H24F2N6O. The molecule has 1 saturated heterocycles. The number of hydrogen-bond acceptors (Lipinski definition) is 5. The van der Waals surface area contributed by atoms with Gasteiger partial charge >= 0.3 is 0 Å². The summed E-state index contributed by atoms with van der Waals surface area (Å²) in [7, 11) is 0. The highest BCUT2D eigenvalue weighted by molar-refractivity contribution is 5.73. The molecule has 0 atom stereocenters. The number of halogens is 2. The number of benzene rings is 1. The van der Waals surface area contributed by atoms with Crippen molar-refractivity contribution in [1.29, 1.82) is 0 Å². The summed E-state index contributed by atoms with van der Waals surface area (Å²) in [5, 5.41) is 4.52. The van der Waals surface area contributed by atoms with Gasteiger partial charge in [-0.3, -0.25) is 4.79 Å². The minimum Gasteiger partial charge on any atom is -0.353 e. The summed E-state index contributed by atoms with van der Waals surface area (Å²) in [5.74, 6) is 0.100. The van der Waals surface area contributed by atoms with Crippen molar-refractivity contribution in [2.45, 2.75) is 27.2 Å². The number of hydrogen-bond donors (Lipinski definition) is 0. The van der Waals surface area contributed by atoms with Crippen molar-refractivity contribution < 1.29 is 13.6 Å². The highest BCUT2D eigenvalue weighted by atomic mass is 19.2. The van der Waals surface area contributed by atoms with Gasteiger partial charge in [0.25, 0.3) is 0 Å². The zero-order valence-corrected chi connectivity index (χ0v) is 17.8. The fourth-order valence-corrected chi connectivity index (χ4v) is 3.76. The fraction of sp³-hybridized carbons (Fsp3) is 0.364. The Hall–Kier alpha value is -3.36. The van der Waals surface area contributed by atoms with Crippen LogP contribution in [0.5, 0.6) is 0 Å². The zero-order chi connectivity index (χ0) is 22.1. The van der Waals surface area contributed by atoms with Crippen molar-refractivity contribution in [2.24, 2.45) is 0 Å². The maximum atomic E-state index is 13.7. The van der Waals surface area contributed by atoms with Gasteiger partial charge in [0.2, 0.25) is 5.91 Å². The Kier molecular flexibility index (Phi) is 5.67. The molecule has 1 aliphatic heterocycles. The highest BCUT2D eigenvalue weighted by Crippen LogP contribution is 2.21. The van der Waals surface area contributed by atoms with E-state index >= 15 is 0 Å². The van der Waals surface area contributed by atoms with Gasteiger partial charge in [-0.25, -0.2) is 23.4 Å². The van der Waals surface area contributed by atoms with Crippen LogP contribution in [0.3, 0.4) is 0 Å². The molecule has 0 spiro atoms. The first-order valence-electron chi connectivity index (χ1n) is 10.2.